The number of anilines is 1. The number of benzene rings is 3. The van der Waals surface area contributed by atoms with Crippen LogP contribution in [-0.2, 0) is 26.2 Å². The third kappa shape index (κ3) is 5.99. The number of hydrogen-bond acceptors (Lipinski definition) is 6. The van der Waals surface area contributed by atoms with Gasteiger partial charge in [-0.3, -0.25) is 4.72 Å². The van der Waals surface area contributed by atoms with E-state index in [4.69, 9.17) is 9.47 Å². The van der Waals surface area contributed by atoms with E-state index in [0.717, 1.165) is 5.56 Å². The summed E-state index contributed by atoms with van der Waals surface area (Å²) in [4.78, 5) is 11.2. The molecule has 0 amide bonds. The Labute approximate surface area is 175 Å². The van der Waals surface area contributed by atoms with E-state index in [1.807, 2.05) is 30.3 Å². The maximum absolute atomic E-state index is 12.6. The Kier molecular flexibility index (Phi) is 6.92. The van der Waals surface area contributed by atoms with Crippen molar-refractivity contribution in [2.45, 2.75) is 11.5 Å². The zero-order chi connectivity index (χ0) is 21.4. The topological polar surface area (TPSA) is 90.9 Å². The number of nitrogens with one attached hydrogen (secondary N) is 1. The fourth-order valence-corrected chi connectivity index (χ4v) is 3.55. The van der Waals surface area contributed by atoms with E-state index in [9.17, 15) is 13.2 Å². The number of methoxy groups -OCH3 is 1. The summed E-state index contributed by atoms with van der Waals surface area (Å²) in [6, 6.07) is 22.1. The minimum Gasteiger partial charge on any atom is -0.489 e. The quantitative estimate of drug-likeness (QED) is 0.525. The molecule has 0 atom stereocenters. The SMILES string of the molecule is COC(=O)COc1ccc(S(=O)(=O)Nc2ccc(OCc3ccccc3)cc2)cc1. The van der Waals surface area contributed by atoms with Gasteiger partial charge in [0.15, 0.2) is 6.61 Å². The smallest absolute Gasteiger partial charge is 0.343 e. The van der Waals surface area contributed by atoms with Crippen LogP contribution in [0.25, 0.3) is 0 Å². The summed E-state index contributed by atoms with van der Waals surface area (Å²) in [7, 11) is -2.51. The molecule has 0 spiro atoms. The van der Waals surface area contributed by atoms with Gasteiger partial charge in [0.1, 0.15) is 18.1 Å². The molecule has 7 nitrogen and oxygen atoms in total. The maximum Gasteiger partial charge on any atom is 0.343 e. The number of carbonyl (C=O) groups is 1. The number of carbonyl (C=O) groups excluding carboxylic acids is 1. The summed E-state index contributed by atoms with van der Waals surface area (Å²) in [5, 5.41) is 0. The lowest BCUT2D eigenvalue weighted by Crippen LogP contribution is -2.14. The van der Waals surface area contributed by atoms with Crippen molar-refractivity contribution in [2.75, 3.05) is 18.4 Å². The highest BCUT2D eigenvalue weighted by Crippen LogP contribution is 2.22. The molecular formula is C22H21NO6S. The van der Waals surface area contributed by atoms with Gasteiger partial charge in [-0.05, 0) is 54.1 Å². The van der Waals surface area contributed by atoms with Gasteiger partial charge in [0, 0.05) is 5.69 Å². The van der Waals surface area contributed by atoms with Gasteiger partial charge < -0.3 is 14.2 Å². The number of esters is 1. The van der Waals surface area contributed by atoms with Crippen LogP contribution in [0.5, 0.6) is 11.5 Å². The monoisotopic (exact) mass is 427 g/mol. The summed E-state index contributed by atoms with van der Waals surface area (Å²) in [5.74, 6) is 0.470. The minimum absolute atomic E-state index is 0.0670. The van der Waals surface area contributed by atoms with Crippen LogP contribution in [0.15, 0.2) is 83.8 Å². The Hall–Kier alpha value is -3.52. The van der Waals surface area contributed by atoms with Gasteiger partial charge in [0.2, 0.25) is 0 Å². The molecular weight excluding hydrogens is 406 g/mol. The van der Waals surface area contributed by atoms with Crippen LogP contribution in [0, 0.1) is 0 Å². The Morgan fingerprint density at radius 3 is 2.07 bits per heavy atom. The van der Waals surface area contributed by atoms with E-state index in [1.165, 1.54) is 31.4 Å². The van der Waals surface area contributed by atoms with Crippen molar-refractivity contribution in [1.82, 2.24) is 0 Å². The summed E-state index contributed by atoms with van der Waals surface area (Å²) in [6.07, 6.45) is 0. The summed E-state index contributed by atoms with van der Waals surface area (Å²) in [5.41, 5.74) is 1.45. The van der Waals surface area contributed by atoms with Gasteiger partial charge in [-0.1, -0.05) is 30.3 Å². The summed E-state index contributed by atoms with van der Waals surface area (Å²) in [6.45, 7) is 0.176. The second-order valence-corrected chi connectivity index (χ2v) is 7.92. The summed E-state index contributed by atoms with van der Waals surface area (Å²) < 4.78 is 43.0. The number of rotatable bonds is 9. The number of ether oxygens (including phenoxy) is 3. The second kappa shape index (κ2) is 9.80. The first kappa shape index (κ1) is 21.2. The average molecular weight is 427 g/mol. The first-order valence-corrected chi connectivity index (χ1v) is 10.5. The molecule has 0 aliphatic heterocycles. The molecule has 156 valence electrons. The Morgan fingerprint density at radius 2 is 1.43 bits per heavy atom. The van der Waals surface area contributed by atoms with Crippen molar-refractivity contribution in [2.24, 2.45) is 0 Å². The van der Waals surface area contributed by atoms with Crippen molar-refractivity contribution in [3.8, 4) is 11.5 Å². The van der Waals surface area contributed by atoms with E-state index in [1.54, 1.807) is 24.3 Å². The van der Waals surface area contributed by atoms with Crippen molar-refractivity contribution in [3.05, 3.63) is 84.4 Å². The van der Waals surface area contributed by atoms with Crippen molar-refractivity contribution in [1.29, 1.82) is 0 Å². The predicted octanol–water partition coefficient (Wildman–Crippen LogP) is 3.62. The Morgan fingerprint density at radius 1 is 0.833 bits per heavy atom. The van der Waals surface area contributed by atoms with E-state index < -0.39 is 16.0 Å². The molecule has 0 saturated heterocycles. The molecule has 0 aliphatic rings. The van der Waals surface area contributed by atoms with Crippen LogP contribution in [0.4, 0.5) is 5.69 Å². The van der Waals surface area contributed by atoms with Gasteiger partial charge in [-0.15, -0.1) is 0 Å². The first-order chi connectivity index (χ1) is 14.5. The standard InChI is InChI=1S/C22H21NO6S/c1-27-22(24)16-29-20-11-13-21(14-12-20)30(25,26)23-18-7-9-19(10-8-18)28-15-17-5-3-2-4-6-17/h2-14,23H,15-16H2,1H3. The Bertz CT molecular complexity index is 1060. The molecule has 0 radical (unpaired) electrons. The highest BCUT2D eigenvalue weighted by atomic mass is 32.2. The highest BCUT2D eigenvalue weighted by molar-refractivity contribution is 7.92. The van der Waals surface area contributed by atoms with E-state index in [2.05, 4.69) is 9.46 Å². The maximum atomic E-state index is 12.6. The lowest BCUT2D eigenvalue weighted by molar-refractivity contribution is -0.142. The fourth-order valence-electron chi connectivity index (χ4n) is 2.49. The molecule has 30 heavy (non-hydrogen) atoms. The van der Waals surface area contributed by atoms with Crippen LogP contribution in [0.2, 0.25) is 0 Å². The van der Waals surface area contributed by atoms with E-state index >= 15 is 0 Å². The lowest BCUT2D eigenvalue weighted by atomic mass is 10.2. The largest absolute Gasteiger partial charge is 0.489 e. The molecule has 0 heterocycles. The summed E-state index contributed by atoms with van der Waals surface area (Å²) >= 11 is 0. The van der Waals surface area contributed by atoms with Crippen molar-refractivity contribution < 1.29 is 27.4 Å². The van der Waals surface area contributed by atoms with Gasteiger partial charge in [0.25, 0.3) is 10.0 Å². The zero-order valence-electron chi connectivity index (χ0n) is 16.3. The molecule has 8 heteroatoms. The lowest BCUT2D eigenvalue weighted by Gasteiger charge is -2.11. The molecule has 3 aromatic carbocycles. The average Bonchev–Trinajstić information content (AvgIpc) is 2.77. The molecule has 0 aliphatic carbocycles. The first-order valence-electron chi connectivity index (χ1n) is 9.05. The highest BCUT2D eigenvalue weighted by Gasteiger charge is 2.14. The normalized spacial score (nSPS) is 10.8. The van der Waals surface area contributed by atoms with Crippen molar-refractivity contribution in [3.63, 3.8) is 0 Å². The van der Waals surface area contributed by atoms with Gasteiger partial charge in [-0.2, -0.15) is 0 Å². The van der Waals surface area contributed by atoms with Crippen LogP contribution in [-0.4, -0.2) is 28.1 Å². The molecule has 1 N–H and O–H groups in total. The number of hydrogen-bond donors (Lipinski definition) is 1. The molecule has 0 aromatic heterocycles. The van der Waals surface area contributed by atoms with Gasteiger partial charge in [0.05, 0.1) is 12.0 Å². The second-order valence-electron chi connectivity index (χ2n) is 6.24. The minimum atomic E-state index is -3.77. The van der Waals surface area contributed by atoms with Crippen LogP contribution < -0.4 is 14.2 Å². The van der Waals surface area contributed by atoms with Gasteiger partial charge in [-0.25, -0.2) is 13.2 Å². The molecule has 3 aromatic rings. The molecule has 0 unspecified atom stereocenters. The van der Waals surface area contributed by atoms with Gasteiger partial charge >= 0.3 is 5.97 Å². The molecule has 0 fully saturated rings. The van der Waals surface area contributed by atoms with Crippen LogP contribution in [0.3, 0.4) is 0 Å². The zero-order valence-corrected chi connectivity index (χ0v) is 17.1. The van der Waals surface area contributed by atoms with E-state index in [0.29, 0.717) is 23.8 Å². The van der Waals surface area contributed by atoms with E-state index in [-0.39, 0.29) is 11.5 Å². The predicted molar refractivity (Wildman–Crippen MR) is 112 cm³/mol. The Balaban J connectivity index is 1.58. The van der Waals surface area contributed by atoms with Crippen LogP contribution in [0.1, 0.15) is 5.56 Å². The third-order valence-electron chi connectivity index (χ3n) is 4.07. The molecule has 0 saturated carbocycles. The van der Waals surface area contributed by atoms with Crippen molar-refractivity contribution >= 4 is 21.7 Å². The van der Waals surface area contributed by atoms with Crippen LogP contribution >= 0.6 is 0 Å². The molecule has 0 bridgehead atoms. The molecule has 3 rings (SSSR count). The number of sulfonamides is 1. The fraction of sp³-hybridized carbons (Fsp3) is 0.136. The third-order valence-corrected chi connectivity index (χ3v) is 5.47.